The van der Waals surface area contributed by atoms with Crippen molar-refractivity contribution < 1.29 is 19.8 Å². The van der Waals surface area contributed by atoms with Crippen LogP contribution in [0.1, 0.15) is 12.0 Å². The van der Waals surface area contributed by atoms with E-state index >= 15 is 0 Å². The zero-order valence-electron chi connectivity index (χ0n) is 14.5. The predicted molar refractivity (Wildman–Crippen MR) is 109 cm³/mol. The lowest BCUT2D eigenvalue weighted by Gasteiger charge is -2.31. The molecule has 7 N–H and O–H groups in total. The Labute approximate surface area is 170 Å². The summed E-state index contributed by atoms with van der Waals surface area (Å²) in [6, 6.07) is 4.89. The van der Waals surface area contributed by atoms with Crippen molar-refractivity contribution in [1.82, 2.24) is 10.6 Å². The van der Waals surface area contributed by atoms with Crippen LogP contribution in [0.3, 0.4) is 0 Å². The molecular weight excluding hydrogens is 436 g/mol. The van der Waals surface area contributed by atoms with Gasteiger partial charge in [-0.2, -0.15) is 0 Å². The zero-order chi connectivity index (χ0) is 20.1. The molecule has 2 amide bonds. The van der Waals surface area contributed by atoms with Crippen LogP contribution in [0.25, 0.3) is 0 Å². The lowest BCUT2D eigenvalue weighted by atomic mass is 9.90. The summed E-state index contributed by atoms with van der Waals surface area (Å²) < 4.78 is 0.818. The summed E-state index contributed by atoms with van der Waals surface area (Å²) in [6.07, 6.45) is -0.880. The number of benzene rings is 1. The number of aliphatic hydroxyl groups is 2. The van der Waals surface area contributed by atoms with Gasteiger partial charge < -0.3 is 31.9 Å². The van der Waals surface area contributed by atoms with Gasteiger partial charge in [0, 0.05) is 16.5 Å². The van der Waals surface area contributed by atoms with Crippen molar-refractivity contribution in [3.63, 3.8) is 0 Å². The fourth-order valence-corrected chi connectivity index (χ4v) is 3.41. The average molecular weight is 457 g/mol. The second kappa shape index (κ2) is 9.27. The molecule has 2 rings (SSSR count). The Morgan fingerprint density at radius 2 is 2.07 bits per heavy atom. The summed E-state index contributed by atoms with van der Waals surface area (Å²) in [4.78, 5) is 22.9. The van der Waals surface area contributed by atoms with Gasteiger partial charge in [0.2, 0.25) is 11.8 Å². The van der Waals surface area contributed by atoms with Crippen LogP contribution in [0.15, 0.2) is 34.3 Å². The van der Waals surface area contributed by atoms with Crippen molar-refractivity contribution in [3.05, 3.63) is 39.9 Å². The average Bonchev–Trinajstić information content (AvgIpc) is 2.59. The van der Waals surface area contributed by atoms with Crippen molar-refractivity contribution in [1.29, 1.82) is 0 Å². The highest BCUT2D eigenvalue weighted by Crippen LogP contribution is 2.24. The van der Waals surface area contributed by atoms with Gasteiger partial charge in [0.05, 0.1) is 24.4 Å². The van der Waals surface area contributed by atoms with Gasteiger partial charge in [-0.1, -0.05) is 12.1 Å². The smallest absolute Gasteiger partial charge is 0.247 e. The molecule has 1 aromatic rings. The SMILES string of the molecule is Cc1ccc(NC(=S)N[C@@H]2C=C(C(=O)NCC(N)=O)C[C@@H](O)[C@@H]2O)c(Br)c1. The van der Waals surface area contributed by atoms with E-state index in [-0.39, 0.29) is 23.7 Å². The molecule has 27 heavy (non-hydrogen) atoms. The third-order valence-corrected chi connectivity index (χ3v) is 4.83. The highest BCUT2D eigenvalue weighted by atomic mass is 79.9. The maximum absolute atomic E-state index is 12.1. The van der Waals surface area contributed by atoms with Gasteiger partial charge in [0.25, 0.3) is 0 Å². The van der Waals surface area contributed by atoms with Gasteiger partial charge in [-0.15, -0.1) is 0 Å². The molecule has 1 aliphatic carbocycles. The minimum absolute atomic E-state index is 0.0480. The first-order valence-electron chi connectivity index (χ1n) is 8.14. The van der Waals surface area contributed by atoms with E-state index in [1.807, 2.05) is 25.1 Å². The number of rotatable bonds is 5. The summed E-state index contributed by atoms with van der Waals surface area (Å²) in [5.41, 5.74) is 7.04. The molecule has 3 atom stereocenters. The number of hydrogen-bond donors (Lipinski definition) is 6. The highest BCUT2D eigenvalue weighted by molar-refractivity contribution is 9.10. The largest absolute Gasteiger partial charge is 0.390 e. The molecule has 0 radical (unpaired) electrons. The maximum Gasteiger partial charge on any atom is 0.247 e. The fourth-order valence-electron chi connectivity index (χ4n) is 2.58. The zero-order valence-corrected chi connectivity index (χ0v) is 16.9. The van der Waals surface area contributed by atoms with E-state index in [4.69, 9.17) is 18.0 Å². The second-order valence-electron chi connectivity index (χ2n) is 6.21. The minimum Gasteiger partial charge on any atom is -0.390 e. The fraction of sp³-hybridized carbons (Fsp3) is 0.353. The number of carbonyl (C=O) groups is 2. The van der Waals surface area contributed by atoms with Crippen LogP contribution in [0, 0.1) is 6.92 Å². The molecule has 0 saturated heterocycles. The summed E-state index contributed by atoms with van der Waals surface area (Å²) in [5.74, 6) is -1.21. The number of primary amides is 1. The topological polar surface area (TPSA) is 137 Å². The highest BCUT2D eigenvalue weighted by Gasteiger charge is 2.33. The van der Waals surface area contributed by atoms with Gasteiger partial charge in [0.1, 0.15) is 6.10 Å². The normalized spacial score (nSPS) is 21.8. The molecule has 0 heterocycles. The molecule has 0 aliphatic heterocycles. The van der Waals surface area contributed by atoms with Crippen LogP contribution < -0.4 is 21.7 Å². The van der Waals surface area contributed by atoms with E-state index in [1.165, 1.54) is 6.08 Å². The predicted octanol–water partition coefficient (Wildman–Crippen LogP) is 0.0659. The molecule has 0 spiro atoms. The molecule has 10 heteroatoms. The first-order chi connectivity index (χ1) is 12.7. The number of thiocarbonyl (C=S) groups is 1. The molecule has 0 bridgehead atoms. The van der Waals surface area contributed by atoms with E-state index in [2.05, 4.69) is 31.9 Å². The number of aliphatic hydroxyl groups excluding tert-OH is 2. The molecule has 0 fully saturated rings. The van der Waals surface area contributed by atoms with Gasteiger partial charge in [-0.3, -0.25) is 9.59 Å². The standard InChI is InChI=1S/C17H21BrN4O4S/c1-8-2-3-11(10(18)4-8)21-17(27)22-12-5-9(6-13(23)15(12)25)16(26)20-7-14(19)24/h2-5,12-13,15,23,25H,6-7H2,1H3,(H2,19,24)(H,20,26)(H2,21,22,27)/t12-,13-,15-/m1/s1. The Bertz CT molecular complexity index is 786. The van der Waals surface area contributed by atoms with Crippen LogP contribution in [-0.4, -0.2) is 51.9 Å². The number of halogens is 1. The third-order valence-electron chi connectivity index (χ3n) is 3.96. The Kier molecular flexibility index (Phi) is 7.31. The number of hydrogen-bond acceptors (Lipinski definition) is 5. The number of anilines is 1. The number of nitrogens with one attached hydrogen (secondary N) is 3. The molecule has 0 unspecified atom stereocenters. The van der Waals surface area contributed by atoms with Gasteiger partial charge in [0.15, 0.2) is 5.11 Å². The van der Waals surface area contributed by atoms with E-state index in [9.17, 15) is 19.8 Å². The van der Waals surface area contributed by atoms with Crippen molar-refractivity contribution in [2.75, 3.05) is 11.9 Å². The van der Waals surface area contributed by atoms with Crippen molar-refractivity contribution in [2.24, 2.45) is 5.73 Å². The van der Waals surface area contributed by atoms with Gasteiger partial charge >= 0.3 is 0 Å². The number of amides is 2. The maximum atomic E-state index is 12.1. The summed E-state index contributed by atoms with van der Waals surface area (Å²) in [5, 5.41) is 28.7. The Morgan fingerprint density at radius 3 is 2.70 bits per heavy atom. The van der Waals surface area contributed by atoms with E-state index in [1.54, 1.807) is 0 Å². The van der Waals surface area contributed by atoms with E-state index in [0.29, 0.717) is 0 Å². The molecule has 0 aromatic heterocycles. The molecular formula is C17H21BrN4O4S. The van der Waals surface area contributed by atoms with Gasteiger partial charge in [-0.25, -0.2) is 0 Å². The summed E-state index contributed by atoms with van der Waals surface area (Å²) in [7, 11) is 0. The first kappa shape index (κ1) is 21.3. The first-order valence-corrected chi connectivity index (χ1v) is 9.34. The van der Waals surface area contributed by atoms with Crippen LogP contribution in [0.5, 0.6) is 0 Å². The Hall–Kier alpha value is -2.01. The minimum atomic E-state index is -1.16. The molecule has 8 nitrogen and oxygen atoms in total. The molecule has 1 aliphatic rings. The monoisotopic (exact) mass is 456 g/mol. The van der Waals surface area contributed by atoms with Crippen molar-refractivity contribution in [2.45, 2.75) is 31.6 Å². The third kappa shape index (κ3) is 5.99. The van der Waals surface area contributed by atoms with Crippen molar-refractivity contribution >= 4 is 50.8 Å². The van der Waals surface area contributed by atoms with Crippen LogP contribution in [0.4, 0.5) is 5.69 Å². The van der Waals surface area contributed by atoms with Crippen LogP contribution in [0.2, 0.25) is 0 Å². The lowest BCUT2D eigenvalue weighted by molar-refractivity contribution is -0.123. The lowest BCUT2D eigenvalue weighted by Crippen LogP contribution is -2.52. The van der Waals surface area contributed by atoms with Crippen molar-refractivity contribution in [3.8, 4) is 0 Å². The Morgan fingerprint density at radius 1 is 1.37 bits per heavy atom. The molecule has 0 saturated carbocycles. The van der Waals surface area contributed by atoms with E-state index in [0.717, 1.165) is 15.7 Å². The summed E-state index contributed by atoms with van der Waals surface area (Å²) in [6.45, 7) is 1.65. The number of nitrogens with two attached hydrogens (primary N) is 1. The molecule has 146 valence electrons. The second-order valence-corrected chi connectivity index (χ2v) is 7.47. The quantitative estimate of drug-likeness (QED) is 0.344. The molecule has 1 aromatic carbocycles. The number of carbonyl (C=O) groups excluding carboxylic acids is 2. The van der Waals surface area contributed by atoms with E-state index < -0.39 is 30.1 Å². The Balaban J connectivity index is 2.07. The van der Waals surface area contributed by atoms with Gasteiger partial charge in [-0.05, 0) is 52.8 Å². The summed E-state index contributed by atoms with van der Waals surface area (Å²) >= 11 is 8.70. The number of aryl methyl sites for hydroxylation is 1. The van der Waals surface area contributed by atoms with Crippen LogP contribution in [-0.2, 0) is 9.59 Å². The van der Waals surface area contributed by atoms with Crippen LogP contribution >= 0.6 is 28.1 Å².